The zero-order chi connectivity index (χ0) is 12.4. The summed E-state index contributed by atoms with van der Waals surface area (Å²) in [6, 6.07) is 4.64. The molecule has 0 spiro atoms. The van der Waals surface area contributed by atoms with Crippen LogP contribution >= 0.6 is 34.5 Å². The van der Waals surface area contributed by atoms with Gasteiger partial charge in [-0.1, -0.05) is 23.2 Å². The molecule has 0 atom stereocenters. The van der Waals surface area contributed by atoms with Gasteiger partial charge in [0.25, 0.3) is 5.19 Å². The van der Waals surface area contributed by atoms with Crippen molar-refractivity contribution in [3.63, 3.8) is 0 Å². The highest BCUT2D eigenvalue weighted by Crippen LogP contribution is 2.33. The lowest BCUT2D eigenvalue weighted by atomic mass is 10.3. The van der Waals surface area contributed by atoms with Crippen molar-refractivity contribution >= 4 is 39.5 Å². The van der Waals surface area contributed by atoms with E-state index in [1.165, 1.54) is 0 Å². The molecule has 0 N–H and O–H groups in total. The predicted molar refractivity (Wildman–Crippen MR) is 65.3 cm³/mol. The van der Waals surface area contributed by atoms with Gasteiger partial charge in [-0.05, 0) is 29.5 Å². The molecule has 1 heterocycles. The Morgan fingerprint density at radius 1 is 1.29 bits per heavy atom. The van der Waals surface area contributed by atoms with Gasteiger partial charge >= 0.3 is 5.00 Å². The van der Waals surface area contributed by atoms with Crippen molar-refractivity contribution in [2.75, 3.05) is 0 Å². The molecule has 17 heavy (non-hydrogen) atoms. The molecule has 0 aliphatic heterocycles. The summed E-state index contributed by atoms with van der Waals surface area (Å²) in [5.74, 6) is 0.381. The van der Waals surface area contributed by atoms with Crippen molar-refractivity contribution in [1.29, 1.82) is 0 Å². The Labute approximate surface area is 110 Å². The van der Waals surface area contributed by atoms with Crippen LogP contribution in [-0.4, -0.2) is 9.91 Å². The van der Waals surface area contributed by atoms with Gasteiger partial charge in [0.15, 0.2) is 0 Å². The first-order valence-electron chi connectivity index (χ1n) is 4.29. The number of rotatable bonds is 3. The third-order valence-electron chi connectivity index (χ3n) is 1.69. The maximum Gasteiger partial charge on any atom is 0.347 e. The number of aromatic nitrogens is 1. The van der Waals surface area contributed by atoms with E-state index < -0.39 is 4.92 Å². The van der Waals surface area contributed by atoms with Crippen LogP contribution in [0.2, 0.25) is 10.0 Å². The quantitative estimate of drug-likeness (QED) is 0.629. The molecule has 8 heteroatoms. The molecule has 0 aliphatic carbocycles. The molecular weight excluding hydrogens is 287 g/mol. The summed E-state index contributed by atoms with van der Waals surface area (Å²) in [6.07, 6.45) is 1.13. The summed E-state index contributed by atoms with van der Waals surface area (Å²) in [5, 5.41) is 11.4. The lowest BCUT2D eigenvalue weighted by molar-refractivity contribution is -0.380. The molecule has 5 nitrogen and oxygen atoms in total. The van der Waals surface area contributed by atoms with Crippen molar-refractivity contribution in [3.05, 3.63) is 44.6 Å². The van der Waals surface area contributed by atoms with Crippen LogP contribution in [0.15, 0.2) is 24.4 Å². The molecule has 0 unspecified atom stereocenters. The predicted octanol–water partition coefficient (Wildman–Crippen LogP) is 4.15. The Balaban J connectivity index is 2.22. The van der Waals surface area contributed by atoms with Crippen LogP contribution in [0, 0.1) is 10.1 Å². The summed E-state index contributed by atoms with van der Waals surface area (Å²) >= 11 is 12.4. The number of benzene rings is 1. The number of hydrogen-bond acceptors (Lipinski definition) is 5. The summed E-state index contributed by atoms with van der Waals surface area (Å²) in [5.41, 5.74) is 0. The molecule has 1 aromatic carbocycles. The molecule has 0 amide bonds. The highest BCUT2D eigenvalue weighted by molar-refractivity contribution is 7.16. The summed E-state index contributed by atoms with van der Waals surface area (Å²) < 4.78 is 5.30. The first-order chi connectivity index (χ1) is 8.04. The van der Waals surface area contributed by atoms with E-state index in [2.05, 4.69) is 4.98 Å². The fraction of sp³-hybridized carbons (Fsp3) is 0. The maximum absolute atomic E-state index is 10.5. The van der Waals surface area contributed by atoms with Crippen LogP contribution in [0.3, 0.4) is 0 Å². The number of nitrogens with zero attached hydrogens (tertiary/aromatic N) is 2. The minimum absolute atomic E-state index is 0.0897. The van der Waals surface area contributed by atoms with Gasteiger partial charge in [0.05, 0.1) is 4.92 Å². The van der Waals surface area contributed by atoms with Crippen LogP contribution < -0.4 is 4.74 Å². The van der Waals surface area contributed by atoms with Crippen LogP contribution in [0.25, 0.3) is 0 Å². The van der Waals surface area contributed by atoms with Crippen molar-refractivity contribution in [1.82, 2.24) is 4.98 Å². The van der Waals surface area contributed by atoms with Gasteiger partial charge in [-0.2, -0.15) is 0 Å². The molecule has 2 rings (SSSR count). The Morgan fingerprint density at radius 2 is 1.94 bits per heavy atom. The van der Waals surface area contributed by atoms with Crippen LogP contribution in [0.1, 0.15) is 0 Å². The van der Waals surface area contributed by atoms with Gasteiger partial charge in [-0.3, -0.25) is 10.1 Å². The van der Waals surface area contributed by atoms with E-state index >= 15 is 0 Å². The van der Waals surface area contributed by atoms with Crippen LogP contribution in [0.4, 0.5) is 5.00 Å². The standard InChI is InChI=1S/C9H4Cl2N2O3S/c10-5-1-6(11)3-7(2-5)16-9-12-4-8(17-9)13(14)15/h1-4H. The Hall–Kier alpha value is -1.37. The van der Waals surface area contributed by atoms with Gasteiger partial charge < -0.3 is 4.74 Å². The minimum atomic E-state index is -0.532. The fourth-order valence-corrected chi connectivity index (χ4v) is 2.18. The normalized spacial score (nSPS) is 10.2. The lowest BCUT2D eigenvalue weighted by Gasteiger charge is -2.02. The molecule has 2 aromatic rings. The van der Waals surface area contributed by atoms with Gasteiger partial charge in [-0.15, -0.1) is 0 Å². The third-order valence-corrected chi connectivity index (χ3v) is 2.96. The molecular formula is C9H4Cl2N2O3S. The van der Waals surface area contributed by atoms with E-state index in [1.807, 2.05) is 0 Å². The Morgan fingerprint density at radius 3 is 2.47 bits per heavy atom. The van der Waals surface area contributed by atoms with Crippen LogP contribution in [0.5, 0.6) is 10.9 Å². The topological polar surface area (TPSA) is 65.3 Å². The van der Waals surface area contributed by atoms with Gasteiger partial charge in [0.1, 0.15) is 11.9 Å². The highest BCUT2D eigenvalue weighted by atomic mass is 35.5. The molecule has 0 radical (unpaired) electrons. The van der Waals surface area contributed by atoms with Gasteiger partial charge in [0, 0.05) is 10.0 Å². The second-order valence-electron chi connectivity index (χ2n) is 2.93. The smallest absolute Gasteiger partial charge is 0.347 e. The van der Waals surface area contributed by atoms with E-state index in [1.54, 1.807) is 18.2 Å². The molecule has 88 valence electrons. The molecule has 0 saturated carbocycles. The number of hydrogen-bond donors (Lipinski definition) is 0. The van der Waals surface area contributed by atoms with Crippen molar-refractivity contribution in [2.45, 2.75) is 0 Å². The van der Waals surface area contributed by atoms with Crippen molar-refractivity contribution in [3.8, 4) is 10.9 Å². The molecule has 0 bridgehead atoms. The number of ether oxygens (including phenoxy) is 1. The molecule has 0 aliphatic rings. The van der Waals surface area contributed by atoms with Crippen LogP contribution in [-0.2, 0) is 0 Å². The summed E-state index contributed by atoms with van der Waals surface area (Å²) in [4.78, 5) is 13.7. The van der Waals surface area contributed by atoms with Gasteiger partial charge in [-0.25, -0.2) is 4.98 Å². The molecule has 1 aromatic heterocycles. The largest absolute Gasteiger partial charge is 0.431 e. The second kappa shape index (κ2) is 4.87. The number of nitro groups is 1. The van der Waals surface area contributed by atoms with Gasteiger partial charge in [0.2, 0.25) is 0 Å². The lowest BCUT2D eigenvalue weighted by Crippen LogP contribution is -1.82. The van der Waals surface area contributed by atoms with E-state index in [4.69, 9.17) is 27.9 Å². The second-order valence-corrected chi connectivity index (χ2v) is 4.77. The van der Waals surface area contributed by atoms with E-state index in [9.17, 15) is 10.1 Å². The number of halogens is 2. The average Bonchev–Trinajstić information content (AvgIpc) is 2.64. The third kappa shape index (κ3) is 3.06. The SMILES string of the molecule is O=[N+]([O-])c1cnc(Oc2cc(Cl)cc(Cl)c2)s1. The summed E-state index contributed by atoms with van der Waals surface area (Å²) in [6.45, 7) is 0. The zero-order valence-electron chi connectivity index (χ0n) is 8.09. The maximum atomic E-state index is 10.5. The average molecular weight is 291 g/mol. The monoisotopic (exact) mass is 290 g/mol. The fourth-order valence-electron chi connectivity index (χ4n) is 1.07. The Bertz CT molecular complexity index is 553. The van der Waals surface area contributed by atoms with E-state index in [-0.39, 0.29) is 10.2 Å². The molecule has 0 fully saturated rings. The van der Waals surface area contributed by atoms with E-state index in [0.29, 0.717) is 15.8 Å². The first kappa shape index (κ1) is 12.1. The Kier molecular flexibility index (Phi) is 3.46. The minimum Gasteiger partial charge on any atom is -0.431 e. The zero-order valence-corrected chi connectivity index (χ0v) is 10.4. The van der Waals surface area contributed by atoms with E-state index in [0.717, 1.165) is 17.5 Å². The number of thiazole rings is 1. The highest BCUT2D eigenvalue weighted by Gasteiger charge is 2.13. The van der Waals surface area contributed by atoms with Crippen molar-refractivity contribution < 1.29 is 9.66 Å². The van der Waals surface area contributed by atoms with Crippen molar-refractivity contribution in [2.24, 2.45) is 0 Å². The first-order valence-corrected chi connectivity index (χ1v) is 5.86. The summed E-state index contributed by atoms with van der Waals surface area (Å²) in [7, 11) is 0. The molecule has 0 saturated heterocycles.